The van der Waals surface area contributed by atoms with Gasteiger partial charge in [0.05, 0.1) is 79.2 Å². The molecule has 392 valence electrons. The van der Waals surface area contributed by atoms with Gasteiger partial charge >= 0.3 is 0 Å². The molecule has 0 radical (unpaired) electrons. The third kappa shape index (κ3) is 16.2. The topological polar surface area (TPSA) is 120 Å². The summed E-state index contributed by atoms with van der Waals surface area (Å²) in [6.07, 6.45) is 5.38. The van der Waals surface area contributed by atoms with Gasteiger partial charge in [0, 0.05) is 32.2 Å². The fourth-order valence-corrected chi connectivity index (χ4v) is 9.83. The van der Waals surface area contributed by atoms with Crippen LogP contribution >= 0.6 is 46.4 Å². The van der Waals surface area contributed by atoms with Gasteiger partial charge in [0.1, 0.15) is 0 Å². The second kappa shape index (κ2) is 28.9. The number of halogens is 4. The molecule has 4 N–H and O–H groups in total. The van der Waals surface area contributed by atoms with E-state index in [1.54, 1.807) is 28.4 Å². The number of rotatable bonds is 24. The van der Waals surface area contributed by atoms with Crippen LogP contribution in [0, 0.1) is 11.8 Å². The Labute approximate surface area is 452 Å². The molecule has 8 rings (SSSR count). The number of benzene rings is 6. The fourth-order valence-electron chi connectivity index (χ4n) is 9.18. The van der Waals surface area contributed by atoms with Gasteiger partial charge in [-0.25, -0.2) is 0 Å². The maximum Gasteiger partial charge on any atom is 0.161 e. The largest absolute Gasteiger partial charge is 0.493 e. The molecule has 0 unspecified atom stereocenters. The first kappa shape index (κ1) is 57.7. The van der Waals surface area contributed by atoms with Crippen molar-refractivity contribution in [2.75, 3.05) is 41.7 Å². The van der Waals surface area contributed by atoms with Crippen molar-refractivity contribution in [3.63, 3.8) is 0 Å². The van der Waals surface area contributed by atoms with E-state index in [1.165, 1.54) is 12.8 Å². The first-order chi connectivity index (χ1) is 35.0. The van der Waals surface area contributed by atoms with E-state index in [-0.39, 0.29) is 31.6 Å². The van der Waals surface area contributed by atoms with Gasteiger partial charge in [-0.2, -0.15) is 0 Å². The maximum atomic E-state index is 11.4. The number of hydrogen-bond acceptors (Lipinski definition) is 10. The molecule has 6 aromatic rings. The van der Waals surface area contributed by atoms with Crippen molar-refractivity contribution in [2.24, 2.45) is 11.8 Å². The van der Waals surface area contributed by atoms with Gasteiger partial charge in [-0.1, -0.05) is 127 Å². The Kier molecular flexibility index (Phi) is 22.9. The number of nitrogens with one attached hydrogen (secondary N) is 2. The molecule has 2 aliphatic rings. The predicted molar refractivity (Wildman–Crippen MR) is 295 cm³/mol. The molecule has 14 heteroatoms. The Morgan fingerprint density at radius 3 is 1.14 bits per heavy atom. The Balaban J connectivity index is 0.000000235. The summed E-state index contributed by atoms with van der Waals surface area (Å²) < 4.78 is 33.9. The summed E-state index contributed by atoms with van der Waals surface area (Å²) in [5, 5.41) is 32.8. The molecule has 0 bridgehead atoms. The molecule has 73 heavy (non-hydrogen) atoms. The van der Waals surface area contributed by atoms with Gasteiger partial charge in [0.15, 0.2) is 23.0 Å². The third-order valence-electron chi connectivity index (χ3n) is 13.7. The number of aliphatic hydroxyl groups is 2. The van der Waals surface area contributed by atoms with Crippen LogP contribution in [0.5, 0.6) is 23.0 Å². The third-order valence-corrected chi connectivity index (χ3v) is 14.7. The Morgan fingerprint density at radius 2 is 0.822 bits per heavy atom. The van der Waals surface area contributed by atoms with Gasteiger partial charge in [-0.05, 0) is 144 Å². The highest BCUT2D eigenvalue weighted by Crippen LogP contribution is 2.38. The van der Waals surface area contributed by atoms with Crippen LogP contribution in [-0.2, 0) is 22.7 Å². The van der Waals surface area contributed by atoms with Crippen LogP contribution in [0.25, 0.3) is 0 Å². The average Bonchev–Trinajstić information content (AvgIpc) is 3.36. The van der Waals surface area contributed by atoms with E-state index < -0.39 is 12.2 Å². The van der Waals surface area contributed by atoms with Gasteiger partial charge in [-0.3, -0.25) is 0 Å². The minimum absolute atomic E-state index is 0. The van der Waals surface area contributed by atoms with Crippen LogP contribution in [0.1, 0.15) is 104 Å². The zero-order valence-electron chi connectivity index (χ0n) is 41.2. The van der Waals surface area contributed by atoms with Crippen LogP contribution in [0.15, 0.2) is 133 Å². The van der Waals surface area contributed by atoms with Crippen LogP contribution in [0.3, 0.4) is 0 Å². The minimum Gasteiger partial charge on any atom is -0.493 e. The fraction of sp³-hybridized carbons (Fsp3) is 0.390. The van der Waals surface area contributed by atoms with Crippen LogP contribution in [-0.4, -0.2) is 63.9 Å². The normalized spacial score (nSPS) is 15.9. The maximum absolute atomic E-state index is 11.4. The molecule has 0 aliphatic heterocycles. The summed E-state index contributed by atoms with van der Waals surface area (Å²) in [6.45, 7) is 1.94. The van der Waals surface area contributed by atoms with Crippen molar-refractivity contribution in [2.45, 2.75) is 95.5 Å². The highest BCUT2D eigenvalue weighted by atomic mass is 35.5. The molecular weight excluding hydrogens is 1010 g/mol. The average molecular weight is 1080 g/mol. The summed E-state index contributed by atoms with van der Waals surface area (Å²) >= 11 is 24.8. The molecule has 0 aromatic heterocycles. The smallest absolute Gasteiger partial charge is 0.161 e. The summed E-state index contributed by atoms with van der Waals surface area (Å²) in [5.74, 6) is 3.71. The van der Waals surface area contributed by atoms with Crippen LogP contribution in [0.2, 0.25) is 20.1 Å². The molecule has 2 fully saturated rings. The molecule has 2 saturated carbocycles. The molecule has 0 heterocycles. The van der Waals surface area contributed by atoms with Crippen LogP contribution in [0.4, 0.5) is 0 Å². The van der Waals surface area contributed by atoms with Crippen molar-refractivity contribution >= 4 is 46.4 Å². The molecule has 6 atom stereocenters. The molecule has 0 saturated heterocycles. The van der Waals surface area contributed by atoms with E-state index >= 15 is 0 Å². The van der Waals surface area contributed by atoms with E-state index in [4.69, 9.17) is 74.8 Å². The summed E-state index contributed by atoms with van der Waals surface area (Å²) in [5.41, 5.74) is 5.44. The van der Waals surface area contributed by atoms with Crippen molar-refractivity contribution < 1.29 is 38.6 Å². The van der Waals surface area contributed by atoms with Gasteiger partial charge in [-0.15, -0.1) is 0 Å². The quantitative estimate of drug-likeness (QED) is 0.0466. The molecular formula is C59H70Cl4N2O8. The lowest BCUT2D eigenvalue weighted by atomic mass is 9.79. The van der Waals surface area contributed by atoms with E-state index in [9.17, 15) is 10.2 Å². The summed E-state index contributed by atoms with van der Waals surface area (Å²) in [6, 6.07) is 41.0. The summed E-state index contributed by atoms with van der Waals surface area (Å²) in [7, 11) is 6.50. The van der Waals surface area contributed by atoms with Crippen molar-refractivity contribution in [3.05, 3.63) is 187 Å². The first-order valence-corrected chi connectivity index (χ1v) is 25.9. The van der Waals surface area contributed by atoms with Crippen molar-refractivity contribution in [1.82, 2.24) is 10.6 Å². The second-order valence-electron chi connectivity index (χ2n) is 18.4. The highest BCUT2D eigenvalue weighted by molar-refractivity contribution is 6.31. The molecule has 0 spiro atoms. The van der Waals surface area contributed by atoms with E-state index in [0.29, 0.717) is 81.4 Å². The lowest BCUT2D eigenvalue weighted by molar-refractivity contribution is 0.0426. The van der Waals surface area contributed by atoms with Crippen LogP contribution < -0.4 is 29.6 Å². The predicted octanol–water partition coefficient (Wildman–Crippen LogP) is 14.2. The highest BCUT2D eigenvalue weighted by Gasteiger charge is 2.34. The summed E-state index contributed by atoms with van der Waals surface area (Å²) in [4.78, 5) is 0. The SMILES string of the molecule is C.COc1ccc(COC[C@@H](N[C@H](c2ccc(Cl)cc2)[C@H](O)c2cccc(Cl)c2)C2CCC2)cc1OC.COc1ccc(COC[C@H](N[C@H](c2ccc(Cl)cc2)[C@H](O)c2cccc(Cl)c2)C2CCC2)cc1OC. The minimum atomic E-state index is -0.793. The Hall–Kier alpha value is -4.56. The lowest BCUT2D eigenvalue weighted by Gasteiger charge is -2.38. The zero-order valence-corrected chi connectivity index (χ0v) is 44.3. The van der Waals surface area contributed by atoms with Gasteiger partial charge < -0.3 is 49.3 Å². The first-order valence-electron chi connectivity index (χ1n) is 24.4. The molecule has 2 aliphatic carbocycles. The standard InChI is InChI=1S/2C29H33Cl2NO4.CH4/c2*1-34-26-14-9-19(15-27(26)35-2)17-36-18-25(20-5-3-6-20)32-28(21-10-12-23(30)13-11-21)29(33)22-7-4-8-24(31)16-22;/h2*4,7-16,20,25,28-29,32-33H,3,5-6,17-18H2,1-2H3;1H4/t25-,28+,29+;25-,28-,29-;/m01./s1. The van der Waals surface area contributed by atoms with Gasteiger partial charge in [0.25, 0.3) is 0 Å². The van der Waals surface area contributed by atoms with E-state index in [2.05, 4.69) is 10.6 Å². The van der Waals surface area contributed by atoms with Crippen molar-refractivity contribution in [1.29, 1.82) is 0 Å². The van der Waals surface area contributed by atoms with Gasteiger partial charge in [0.2, 0.25) is 0 Å². The second-order valence-corrected chi connectivity index (χ2v) is 20.1. The molecule has 10 nitrogen and oxygen atoms in total. The van der Waals surface area contributed by atoms with E-state index in [0.717, 1.165) is 59.1 Å². The van der Waals surface area contributed by atoms with Crippen molar-refractivity contribution in [3.8, 4) is 23.0 Å². The lowest BCUT2D eigenvalue weighted by Crippen LogP contribution is -2.46. The number of hydrogen-bond donors (Lipinski definition) is 4. The molecule has 6 aromatic carbocycles. The number of aliphatic hydroxyl groups excluding tert-OH is 2. The monoisotopic (exact) mass is 1070 g/mol. The Morgan fingerprint density at radius 1 is 0.452 bits per heavy atom. The number of ether oxygens (including phenoxy) is 6. The molecule has 0 amide bonds. The Bertz CT molecular complexity index is 2420. The zero-order chi connectivity index (χ0) is 51.0. The van der Waals surface area contributed by atoms with E-state index in [1.807, 2.05) is 133 Å². The number of methoxy groups -OCH3 is 4.